The Morgan fingerprint density at radius 3 is 1.57 bits per heavy atom. The lowest BCUT2D eigenvalue weighted by Gasteiger charge is -2.19. The first-order valence-corrected chi connectivity index (χ1v) is 7.08. The van der Waals surface area contributed by atoms with Crippen molar-refractivity contribution in [3.63, 3.8) is 0 Å². The van der Waals surface area contributed by atoms with Crippen molar-refractivity contribution in [2.75, 3.05) is 0 Å². The average molecular weight is 270 g/mol. The average Bonchev–Trinajstić information content (AvgIpc) is 2.72. The molecule has 3 aromatic carbocycles. The highest BCUT2D eigenvalue weighted by molar-refractivity contribution is 5.62. The SMILES string of the molecule is c1ccc(C2c3ccccc3N=Nc3ccccc32)cc1. The molecule has 0 saturated carbocycles. The van der Waals surface area contributed by atoms with E-state index in [2.05, 4.69) is 58.8 Å². The Morgan fingerprint density at radius 1 is 0.524 bits per heavy atom. The van der Waals surface area contributed by atoms with Crippen LogP contribution in [0, 0.1) is 0 Å². The van der Waals surface area contributed by atoms with Gasteiger partial charge in [0.25, 0.3) is 0 Å². The quantitative estimate of drug-likeness (QED) is 0.430. The number of azo groups is 1. The van der Waals surface area contributed by atoms with Gasteiger partial charge in [-0.25, -0.2) is 0 Å². The van der Waals surface area contributed by atoms with E-state index in [1.807, 2.05) is 30.3 Å². The van der Waals surface area contributed by atoms with Crippen LogP contribution in [0.5, 0.6) is 0 Å². The zero-order valence-corrected chi connectivity index (χ0v) is 11.5. The smallest absolute Gasteiger partial charge is 0.0898 e. The predicted molar refractivity (Wildman–Crippen MR) is 84.4 cm³/mol. The largest absolute Gasteiger partial charge is 0.150 e. The highest BCUT2D eigenvalue weighted by Gasteiger charge is 2.24. The molecule has 21 heavy (non-hydrogen) atoms. The molecular weight excluding hydrogens is 256 g/mol. The minimum atomic E-state index is 0.175. The number of benzene rings is 3. The molecule has 0 bridgehead atoms. The Balaban J connectivity index is 2.02. The molecule has 0 aliphatic carbocycles. The first-order valence-electron chi connectivity index (χ1n) is 7.08. The summed E-state index contributed by atoms with van der Waals surface area (Å²) in [5.74, 6) is 0.175. The topological polar surface area (TPSA) is 24.7 Å². The van der Waals surface area contributed by atoms with E-state index in [0.717, 1.165) is 11.4 Å². The second-order valence-electron chi connectivity index (χ2n) is 5.16. The van der Waals surface area contributed by atoms with E-state index in [-0.39, 0.29) is 5.92 Å². The summed E-state index contributed by atoms with van der Waals surface area (Å²) in [6, 6.07) is 27.1. The lowest BCUT2D eigenvalue weighted by molar-refractivity contribution is 0.987. The van der Waals surface area contributed by atoms with Crippen molar-refractivity contribution in [2.24, 2.45) is 10.2 Å². The molecule has 0 radical (unpaired) electrons. The number of nitrogens with zero attached hydrogens (tertiary/aromatic N) is 2. The van der Waals surface area contributed by atoms with Crippen molar-refractivity contribution < 1.29 is 0 Å². The summed E-state index contributed by atoms with van der Waals surface area (Å²) in [6.07, 6.45) is 0. The van der Waals surface area contributed by atoms with Crippen LogP contribution in [0.25, 0.3) is 0 Å². The van der Waals surface area contributed by atoms with Crippen LogP contribution in [0.1, 0.15) is 22.6 Å². The van der Waals surface area contributed by atoms with Gasteiger partial charge in [-0.05, 0) is 28.8 Å². The summed E-state index contributed by atoms with van der Waals surface area (Å²) in [4.78, 5) is 0. The molecule has 2 heteroatoms. The van der Waals surface area contributed by atoms with Crippen LogP contribution in [0.3, 0.4) is 0 Å². The van der Waals surface area contributed by atoms with Gasteiger partial charge < -0.3 is 0 Å². The number of hydrogen-bond acceptors (Lipinski definition) is 2. The summed E-state index contributed by atoms with van der Waals surface area (Å²) >= 11 is 0. The third-order valence-corrected chi connectivity index (χ3v) is 3.89. The standard InChI is InChI=1S/C19H14N2/c1-2-8-14(9-3-1)19-15-10-4-6-12-17(15)20-21-18-13-7-5-11-16(18)19/h1-13,19H. The molecule has 4 rings (SSSR count). The van der Waals surface area contributed by atoms with Gasteiger partial charge in [-0.1, -0.05) is 66.7 Å². The van der Waals surface area contributed by atoms with Crippen LogP contribution in [-0.4, -0.2) is 0 Å². The number of rotatable bonds is 1. The first-order chi connectivity index (χ1) is 10.4. The van der Waals surface area contributed by atoms with E-state index >= 15 is 0 Å². The van der Waals surface area contributed by atoms with Crippen molar-refractivity contribution in [2.45, 2.75) is 5.92 Å². The van der Waals surface area contributed by atoms with Gasteiger partial charge in [-0.15, -0.1) is 0 Å². The van der Waals surface area contributed by atoms with E-state index < -0.39 is 0 Å². The summed E-state index contributed by atoms with van der Waals surface area (Å²) in [5, 5.41) is 8.86. The fourth-order valence-electron chi connectivity index (χ4n) is 2.93. The molecule has 0 N–H and O–H groups in total. The van der Waals surface area contributed by atoms with Gasteiger partial charge in [-0.3, -0.25) is 0 Å². The fraction of sp³-hybridized carbons (Fsp3) is 0.0526. The van der Waals surface area contributed by atoms with E-state index in [1.54, 1.807) is 0 Å². The molecule has 2 nitrogen and oxygen atoms in total. The van der Waals surface area contributed by atoms with Crippen LogP contribution in [0.15, 0.2) is 89.1 Å². The van der Waals surface area contributed by atoms with Crippen molar-refractivity contribution in [3.05, 3.63) is 95.6 Å². The minimum absolute atomic E-state index is 0.175. The van der Waals surface area contributed by atoms with E-state index in [4.69, 9.17) is 0 Å². The first kappa shape index (κ1) is 12.0. The van der Waals surface area contributed by atoms with Gasteiger partial charge in [-0.2, -0.15) is 10.2 Å². The molecule has 0 spiro atoms. The van der Waals surface area contributed by atoms with E-state index in [0.29, 0.717) is 0 Å². The minimum Gasteiger partial charge on any atom is -0.150 e. The zero-order valence-electron chi connectivity index (χ0n) is 11.5. The molecule has 0 amide bonds. The van der Waals surface area contributed by atoms with Crippen LogP contribution < -0.4 is 0 Å². The van der Waals surface area contributed by atoms with Gasteiger partial charge in [0, 0.05) is 5.92 Å². The maximum absolute atomic E-state index is 4.43. The Kier molecular flexibility index (Phi) is 2.86. The van der Waals surface area contributed by atoms with Gasteiger partial charge >= 0.3 is 0 Å². The van der Waals surface area contributed by atoms with Gasteiger partial charge in [0.05, 0.1) is 11.4 Å². The van der Waals surface area contributed by atoms with Crippen molar-refractivity contribution >= 4 is 11.4 Å². The molecule has 1 aliphatic rings. The fourth-order valence-corrected chi connectivity index (χ4v) is 2.93. The van der Waals surface area contributed by atoms with E-state index in [1.165, 1.54) is 16.7 Å². The third kappa shape index (κ3) is 2.05. The number of fused-ring (bicyclic) bond motifs is 2. The van der Waals surface area contributed by atoms with Crippen LogP contribution >= 0.6 is 0 Å². The van der Waals surface area contributed by atoms with Crippen LogP contribution in [0.4, 0.5) is 11.4 Å². The van der Waals surface area contributed by atoms with Crippen molar-refractivity contribution in [1.29, 1.82) is 0 Å². The van der Waals surface area contributed by atoms with Crippen molar-refractivity contribution in [1.82, 2.24) is 0 Å². The lowest BCUT2D eigenvalue weighted by Crippen LogP contribution is -2.02. The molecule has 0 aromatic heterocycles. The summed E-state index contributed by atoms with van der Waals surface area (Å²) < 4.78 is 0. The normalized spacial score (nSPS) is 13.3. The molecule has 0 saturated heterocycles. The Labute approximate surface area is 123 Å². The number of hydrogen-bond donors (Lipinski definition) is 0. The van der Waals surface area contributed by atoms with Gasteiger partial charge in [0.2, 0.25) is 0 Å². The Morgan fingerprint density at radius 2 is 1.00 bits per heavy atom. The molecular formula is C19H14N2. The van der Waals surface area contributed by atoms with Crippen LogP contribution in [-0.2, 0) is 0 Å². The van der Waals surface area contributed by atoms with Crippen molar-refractivity contribution in [3.8, 4) is 0 Å². The highest BCUT2D eigenvalue weighted by atomic mass is 15.1. The second-order valence-corrected chi connectivity index (χ2v) is 5.16. The van der Waals surface area contributed by atoms with E-state index in [9.17, 15) is 0 Å². The summed E-state index contributed by atoms with van der Waals surface area (Å²) in [5.41, 5.74) is 5.57. The zero-order chi connectivity index (χ0) is 14.1. The van der Waals surface area contributed by atoms with Gasteiger partial charge in [0.15, 0.2) is 0 Å². The van der Waals surface area contributed by atoms with Crippen LogP contribution in [0.2, 0.25) is 0 Å². The Bertz CT molecular complexity index is 757. The molecule has 0 atom stereocenters. The Hall–Kier alpha value is -2.74. The summed E-state index contributed by atoms with van der Waals surface area (Å²) in [6.45, 7) is 0. The second kappa shape index (κ2) is 4.98. The molecule has 1 heterocycles. The molecule has 0 fully saturated rings. The molecule has 3 aromatic rings. The third-order valence-electron chi connectivity index (χ3n) is 3.89. The maximum Gasteiger partial charge on any atom is 0.0898 e. The predicted octanol–water partition coefficient (Wildman–Crippen LogP) is 5.60. The molecule has 0 unspecified atom stereocenters. The summed E-state index contributed by atoms with van der Waals surface area (Å²) in [7, 11) is 0. The monoisotopic (exact) mass is 270 g/mol. The maximum atomic E-state index is 4.43. The molecule has 100 valence electrons. The lowest BCUT2D eigenvalue weighted by atomic mass is 9.84. The molecule has 1 aliphatic heterocycles. The highest BCUT2D eigenvalue weighted by Crippen LogP contribution is 2.43. The van der Waals surface area contributed by atoms with Gasteiger partial charge in [0.1, 0.15) is 0 Å².